The molecule has 0 atom stereocenters. The maximum Gasteiger partial charge on any atom is 0.238 e. The van der Waals surface area contributed by atoms with Crippen LogP contribution in [0.2, 0.25) is 0 Å². The number of amides is 1. The summed E-state index contributed by atoms with van der Waals surface area (Å²) in [5.41, 5.74) is -1.32. The predicted octanol–water partition coefficient (Wildman–Crippen LogP) is 2.79. The van der Waals surface area contributed by atoms with Gasteiger partial charge < -0.3 is 5.32 Å². The van der Waals surface area contributed by atoms with E-state index in [1.807, 2.05) is 0 Å². The Morgan fingerprint density at radius 1 is 0.955 bits per heavy atom. The summed E-state index contributed by atoms with van der Waals surface area (Å²) >= 11 is 1.71. The van der Waals surface area contributed by atoms with Crippen LogP contribution in [0.1, 0.15) is 0 Å². The first-order valence-corrected chi connectivity index (χ1v) is 7.18. The molecule has 124 valence electrons. The zero-order chi connectivity index (χ0) is 15.6. The van der Waals surface area contributed by atoms with Crippen molar-refractivity contribution in [2.75, 3.05) is 36.5 Å². The smallest absolute Gasteiger partial charge is 0.238 e. The van der Waals surface area contributed by atoms with Crippen molar-refractivity contribution in [2.45, 2.75) is 0 Å². The molecule has 2 rings (SSSR count). The summed E-state index contributed by atoms with van der Waals surface area (Å²) in [5, 5.41) is 1.75. The van der Waals surface area contributed by atoms with Gasteiger partial charge >= 0.3 is 0 Å². The normalized spacial score (nSPS) is 15.3. The molecular weight excluding hydrogens is 351 g/mol. The van der Waals surface area contributed by atoms with E-state index >= 15 is 0 Å². The lowest BCUT2D eigenvalue weighted by atomic mass is 10.2. The van der Waals surface area contributed by atoms with E-state index in [1.54, 1.807) is 22.0 Å². The molecular formula is C12H12ClF5N2OS. The summed E-state index contributed by atoms with van der Waals surface area (Å²) in [5.74, 6) is -9.72. The minimum atomic E-state index is -2.25. The second-order valence-electron chi connectivity index (χ2n) is 4.38. The molecule has 22 heavy (non-hydrogen) atoms. The Morgan fingerprint density at radius 3 is 1.91 bits per heavy atom. The Labute approximate surface area is 133 Å². The van der Waals surface area contributed by atoms with Crippen LogP contribution in [-0.2, 0) is 4.79 Å². The molecule has 0 unspecified atom stereocenters. The van der Waals surface area contributed by atoms with Crippen molar-refractivity contribution < 1.29 is 26.7 Å². The van der Waals surface area contributed by atoms with Crippen LogP contribution < -0.4 is 5.32 Å². The van der Waals surface area contributed by atoms with Crippen molar-refractivity contribution in [1.82, 2.24) is 4.90 Å². The zero-order valence-electron chi connectivity index (χ0n) is 11.1. The summed E-state index contributed by atoms with van der Waals surface area (Å²) in [6.45, 7) is 1.07. The predicted molar refractivity (Wildman–Crippen MR) is 75.9 cm³/mol. The fourth-order valence-electron chi connectivity index (χ4n) is 1.86. The van der Waals surface area contributed by atoms with Crippen molar-refractivity contribution >= 4 is 35.8 Å². The molecule has 1 amide bonds. The molecule has 0 radical (unpaired) electrons. The highest BCUT2D eigenvalue weighted by molar-refractivity contribution is 7.99. The maximum atomic E-state index is 13.4. The highest BCUT2D eigenvalue weighted by Gasteiger charge is 2.27. The molecule has 0 aromatic heterocycles. The van der Waals surface area contributed by atoms with Crippen molar-refractivity contribution in [2.24, 2.45) is 0 Å². The van der Waals surface area contributed by atoms with Crippen LogP contribution in [-0.4, -0.2) is 41.9 Å². The number of thioether (sulfide) groups is 1. The van der Waals surface area contributed by atoms with Gasteiger partial charge in [0.05, 0.1) is 6.54 Å². The second kappa shape index (κ2) is 7.98. The van der Waals surface area contributed by atoms with Gasteiger partial charge in [0, 0.05) is 24.6 Å². The Balaban J connectivity index is 0.00000242. The average Bonchev–Trinajstić information content (AvgIpc) is 2.48. The van der Waals surface area contributed by atoms with Crippen LogP contribution in [0.3, 0.4) is 0 Å². The van der Waals surface area contributed by atoms with Gasteiger partial charge in [0.1, 0.15) is 5.69 Å². The lowest BCUT2D eigenvalue weighted by Gasteiger charge is -2.25. The molecule has 0 saturated carbocycles. The van der Waals surface area contributed by atoms with E-state index in [9.17, 15) is 26.7 Å². The Morgan fingerprint density at radius 2 is 1.41 bits per heavy atom. The molecule has 1 heterocycles. The number of benzene rings is 1. The number of carbonyl (C=O) groups is 1. The van der Waals surface area contributed by atoms with Gasteiger partial charge in [-0.2, -0.15) is 11.8 Å². The number of halogens is 6. The van der Waals surface area contributed by atoms with E-state index in [4.69, 9.17) is 0 Å². The van der Waals surface area contributed by atoms with Gasteiger partial charge in [0.2, 0.25) is 11.7 Å². The van der Waals surface area contributed by atoms with Crippen LogP contribution >= 0.6 is 24.2 Å². The summed E-state index contributed by atoms with van der Waals surface area (Å²) in [4.78, 5) is 13.4. The molecule has 10 heteroatoms. The molecule has 1 fully saturated rings. The van der Waals surface area contributed by atoms with Crippen molar-refractivity contribution in [3.63, 3.8) is 0 Å². The molecule has 1 aromatic carbocycles. The summed E-state index contributed by atoms with van der Waals surface area (Å²) in [6.07, 6.45) is 0. The van der Waals surface area contributed by atoms with Crippen molar-refractivity contribution in [3.8, 4) is 0 Å². The minimum absolute atomic E-state index is 0. The van der Waals surface area contributed by atoms with Gasteiger partial charge in [-0.3, -0.25) is 9.69 Å². The van der Waals surface area contributed by atoms with Crippen LogP contribution in [0.15, 0.2) is 0 Å². The van der Waals surface area contributed by atoms with Crippen LogP contribution in [0.4, 0.5) is 27.6 Å². The Kier molecular flexibility index (Phi) is 6.89. The van der Waals surface area contributed by atoms with Gasteiger partial charge in [-0.05, 0) is 0 Å². The minimum Gasteiger partial charge on any atom is -0.320 e. The molecule has 3 nitrogen and oxygen atoms in total. The summed E-state index contributed by atoms with van der Waals surface area (Å²) < 4.78 is 65.6. The summed E-state index contributed by atoms with van der Waals surface area (Å²) in [6, 6.07) is 0. The first kappa shape index (κ1) is 19.0. The second-order valence-corrected chi connectivity index (χ2v) is 5.61. The number of anilines is 1. The Bertz CT molecular complexity index is 540. The van der Waals surface area contributed by atoms with Crippen LogP contribution in [0, 0.1) is 29.1 Å². The van der Waals surface area contributed by atoms with E-state index in [2.05, 4.69) is 0 Å². The van der Waals surface area contributed by atoms with E-state index in [-0.39, 0.29) is 19.0 Å². The van der Waals surface area contributed by atoms with Crippen molar-refractivity contribution in [1.29, 1.82) is 0 Å². The van der Waals surface area contributed by atoms with E-state index < -0.39 is 40.7 Å². The van der Waals surface area contributed by atoms with Gasteiger partial charge in [0.15, 0.2) is 23.3 Å². The quantitative estimate of drug-likeness (QED) is 0.510. The highest BCUT2D eigenvalue weighted by atomic mass is 35.5. The van der Waals surface area contributed by atoms with Gasteiger partial charge in [-0.15, -0.1) is 12.4 Å². The molecule has 0 bridgehead atoms. The lowest BCUT2D eigenvalue weighted by molar-refractivity contribution is -0.117. The van der Waals surface area contributed by atoms with Crippen LogP contribution in [0.25, 0.3) is 0 Å². The van der Waals surface area contributed by atoms with Gasteiger partial charge in [0.25, 0.3) is 0 Å². The molecule has 1 aliphatic rings. The monoisotopic (exact) mass is 362 g/mol. The number of hydrogen-bond acceptors (Lipinski definition) is 3. The third-order valence-electron chi connectivity index (χ3n) is 2.95. The highest BCUT2D eigenvalue weighted by Crippen LogP contribution is 2.27. The molecule has 1 saturated heterocycles. The van der Waals surface area contributed by atoms with E-state index in [1.165, 1.54) is 0 Å². The van der Waals surface area contributed by atoms with Crippen molar-refractivity contribution in [3.05, 3.63) is 29.1 Å². The first-order chi connectivity index (χ1) is 9.91. The molecule has 1 aliphatic heterocycles. The molecule has 1 aromatic rings. The third kappa shape index (κ3) is 4.02. The number of carbonyl (C=O) groups excluding carboxylic acids is 1. The number of nitrogens with one attached hydrogen (secondary N) is 1. The fourth-order valence-corrected chi connectivity index (χ4v) is 2.83. The molecule has 1 N–H and O–H groups in total. The maximum absolute atomic E-state index is 13.4. The lowest BCUT2D eigenvalue weighted by Crippen LogP contribution is -2.39. The van der Waals surface area contributed by atoms with Gasteiger partial charge in [-0.1, -0.05) is 0 Å². The standard InChI is InChI=1S/C12H11F5N2OS.ClH/c13-7-8(14)10(16)12(11(17)9(7)15)18-6(20)5-19-1-3-21-4-2-19;/h1-5H2,(H,18,20);1H. The molecule has 0 spiro atoms. The number of rotatable bonds is 3. The Hall–Kier alpha value is -1.06. The van der Waals surface area contributed by atoms with Crippen LogP contribution in [0.5, 0.6) is 0 Å². The zero-order valence-corrected chi connectivity index (χ0v) is 12.7. The average molecular weight is 363 g/mol. The fraction of sp³-hybridized carbons (Fsp3) is 0.417. The van der Waals surface area contributed by atoms with E-state index in [0.29, 0.717) is 13.1 Å². The topological polar surface area (TPSA) is 32.3 Å². The number of nitrogens with zero attached hydrogens (tertiary/aromatic N) is 1. The first-order valence-electron chi connectivity index (χ1n) is 6.03. The summed E-state index contributed by atoms with van der Waals surface area (Å²) in [7, 11) is 0. The third-order valence-corrected chi connectivity index (χ3v) is 3.89. The largest absolute Gasteiger partial charge is 0.320 e. The SMILES string of the molecule is Cl.O=C(CN1CCSCC1)Nc1c(F)c(F)c(F)c(F)c1F. The number of hydrogen-bond donors (Lipinski definition) is 1. The van der Waals surface area contributed by atoms with E-state index in [0.717, 1.165) is 11.5 Å². The van der Waals surface area contributed by atoms with Gasteiger partial charge in [-0.25, -0.2) is 22.0 Å². The molecule has 0 aliphatic carbocycles.